The lowest BCUT2D eigenvalue weighted by Crippen LogP contribution is -2.70. The number of carbonyl (C=O) groups is 14. The molecule has 16 atom stereocenters. The van der Waals surface area contributed by atoms with E-state index in [2.05, 4.69) is 53.2 Å². The number of benzene rings is 2. The summed E-state index contributed by atoms with van der Waals surface area (Å²) in [5, 5.41) is 74.4. The lowest BCUT2D eigenvalue weighted by Gasteiger charge is -2.45. The molecule has 5 aliphatic rings. The van der Waals surface area contributed by atoms with Gasteiger partial charge in [-0.15, -0.1) is 0 Å². The minimum Gasteiger partial charge on any atom is -0.444 e. The van der Waals surface area contributed by atoms with Gasteiger partial charge in [-0.3, -0.25) is 67.3 Å². The van der Waals surface area contributed by atoms with Crippen molar-refractivity contribution in [1.82, 2.24) is 63.0 Å². The number of imide groups is 2. The highest BCUT2D eigenvalue weighted by atomic mass is 16.6. The number of rotatable bonds is 16. The molecular weight excluding hydrogens is 1380 g/mol. The molecule has 0 saturated carbocycles. The van der Waals surface area contributed by atoms with Gasteiger partial charge in [-0.25, -0.2) is 9.59 Å². The van der Waals surface area contributed by atoms with Crippen molar-refractivity contribution in [1.29, 1.82) is 0 Å². The molecule has 0 radical (unpaired) electrons. The number of carbonyl (C=O) groups excluding carboxylic acids is 14. The van der Waals surface area contributed by atoms with Crippen LogP contribution in [0.2, 0.25) is 0 Å². The molecule has 0 spiro atoms. The molecule has 0 aliphatic carbocycles. The maximum atomic E-state index is 15.2. The summed E-state index contributed by atoms with van der Waals surface area (Å²) in [5.74, 6) is -14.8. The fourth-order valence-electron chi connectivity index (χ4n) is 13.0. The van der Waals surface area contributed by atoms with Crippen LogP contribution in [0.1, 0.15) is 177 Å². The van der Waals surface area contributed by atoms with Gasteiger partial charge in [-0.05, 0) is 128 Å². The van der Waals surface area contributed by atoms with E-state index in [9.17, 15) is 78.0 Å². The Bertz CT molecular complexity index is 3310. The quantitative estimate of drug-likeness (QED) is 0.0741. The number of amides is 14. The van der Waals surface area contributed by atoms with Crippen LogP contribution in [0.3, 0.4) is 0 Å². The molecular formula is C72H104N12O22. The van der Waals surface area contributed by atoms with E-state index in [0.29, 0.717) is 9.80 Å². The first-order chi connectivity index (χ1) is 49.6. The third-order valence-corrected chi connectivity index (χ3v) is 18.3. The van der Waals surface area contributed by atoms with Crippen molar-refractivity contribution in [2.24, 2.45) is 23.7 Å². The first kappa shape index (κ1) is 84.0. The van der Waals surface area contributed by atoms with E-state index in [0.717, 1.165) is 0 Å². The first-order valence-corrected chi connectivity index (χ1v) is 35.9. The summed E-state index contributed by atoms with van der Waals surface area (Å²) in [6.45, 7) is 21.0. The molecule has 584 valence electrons. The minimum absolute atomic E-state index is 0.0343. The van der Waals surface area contributed by atoms with Crippen LogP contribution in [0.15, 0.2) is 48.5 Å². The van der Waals surface area contributed by atoms with E-state index in [1.54, 1.807) is 69.2 Å². The number of hydrogen-bond donors (Lipinski definition) is 14. The summed E-state index contributed by atoms with van der Waals surface area (Å²) in [5.41, 5.74) is -2.27. The lowest BCUT2D eigenvalue weighted by atomic mass is 9.90. The monoisotopic (exact) mass is 1490 g/mol. The van der Waals surface area contributed by atoms with Crippen molar-refractivity contribution >= 4 is 83.1 Å². The standard InChI is InChI=1S/C72H104N12O22/c1-33(2)29-43-57(89)75-31-45-51(85)53(87)49(83-65(97)37-21-15-16-22-38(37)66(83)98)55(103-45)63(95)82-48(36(7)8)62(94)78-42(26-20-28-74-70(102)106-72(12,13)14)60(92)80-44(30-34(3)4)58(90)76-32-46-52(86)54(88)50(84-67(99)39-23-17-18-24-40(39)68(84)100)56(104-46)64(96)81-47(35(5)6)61(93)77-41(59(91)79-43)25-19-27-73-69(101)105-71(9,10)11/h15-18,21-24,33-36,41-56,85-88H,19-20,25-32H2,1-14H3,(H,73,101)(H,74,102)(H,75,89)(H,76,90)(H,77,93)(H,78,94)(H,79,91)(H,80,92)(H,81,96)(H,82,95)/t41-,42-,43-,44+,45+,46+,47-,48-,49+,50+,51+,52+,53+,54+,55+,56+/m0/s1. The number of fused-ring (bicyclic) bond motifs is 6. The predicted octanol–water partition coefficient (Wildman–Crippen LogP) is -0.537. The normalized spacial score (nSPS) is 28.7. The van der Waals surface area contributed by atoms with Gasteiger partial charge in [0.05, 0.1) is 22.3 Å². The van der Waals surface area contributed by atoms with Crippen molar-refractivity contribution in [2.45, 2.75) is 244 Å². The van der Waals surface area contributed by atoms with Gasteiger partial charge in [0.25, 0.3) is 35.4 Å². The molecule has 0 aromatic heterocycles. The van der Waals surface area contributed by atoms with Crippen LogP contribution >= 0.6 is 0 Å². The predicted molar refractivity (Wildman–Crippen MR) is 376 cm³/mol. The highest BCUT2D eigenvalue weighted by molar-refractivity contribution is 6.22. The highest BCUT2D eigenvalue weighted by Crippen LogP contribution is 2.35. The summed E-state index contributed by atoms with van der Waals surface area (Å²) in [4.78, 5) is 203. The Morgan fingerprint density at radius 3 is 1.03 bits per heavy atom. The minimum atomic E-state index is -2.21. The second kappa shape index (κ2) is 35.9. The van der Waals surface area contributed by atoms with E-state index in [1.165, 1.54) is 76.2 Å². The van der Waals surface area contributed by atoms with Gasteiger partial charge < -0.3 is 92.5 Å². The fraction of sp³-hybridized carbons (Fsp3) is 0.639. The van der Waals surface area contributed by atoms with Crippen LogP contribution in [-0.4, -0.2) is 248 Å². The van der Waals surface area contributed by atoms with E-state index in [1.807, 2.05) is 0 Å². The lowest BCUT2D eigenvalue weighted by molar-refractivity contribution is -0.198. The van der Waals surface area contributed by atoms with Gasteiger partial charge in [0.15, 0.2) is 12.2 Å². The van der Waals surface area contributed by atoms with Crippen LogP contribution in [0.4, 0.5) is 9.59 Å². The van der Waals surface area contributed by atoms with Crippen LogP contribution in [-0.2, 0) is 57.3 Å². The average Bonchev–Trinajstić information content (AvgIpc) is 1.56. The highest BCUT2D eigenvalue weighted by Gasteiger charge is 2.58. The number of aliphatic hydroxyl groups excluding tert-OH is 4. The van der Waals surface area contributed by atoms with E-state index in [4.69, 9.17) is 18.9 Å². The molecule has 34 nitrogen and oxygen atoms in total. The van der Waals surface area contributed by atoms with Gasteiger partial charge in [-0.2, -0.15) is 0 Å². The molecule has 14 amide bonds. The molecule has 2 aromatic rings. The zero-order chi connectivity index (χ0) is 78.7. The SMILES string of the molecule is CC(C)C[C@@H]1NC(=O)[C@H](CCCNC(=O)OC(C)(C)C)NC(=O)[C@H](C(C)C)NC(=O)[C@@H]2O[C@H](CNC(=O)[C@@H](CC(C)C)NC(=O)[C@H](CCCNC(=O)OC(C)(C)C)NC(=O)[C@H](C(C)C)NC(=O)[C@@H]3O[C@H](CNC1=O)[C@@H](O)[C@H](O)[C@H]3N1C(=O)c3ccccc3C1=O)[C@@H](O)[C@H](O)[C@H]2N1C(=O)c2ccccc2C1=O. The van der Waals surface area contributed by atoms with Crippen molar-refractivity contribution in [2.75, 3.05) is 26.2 Å². The van der Waals surface area contributed by atoms with Gasteiger partial charge in [0.2, 0.25) is 35.4 Å². The smallest absolute Gasteiger partial charge is 0.407 e. The average molecular weight is 1490 g/mol. The van der Waals surface area contributed by atoms with Crippen LogP contribution in [0.5, 0.6) is 0 Å². The zero-order valence-electron chi connectivity index (χ0n) is 62.3. The van der Waals surface area contributed by atoms with Gasteiger partial charge >= 0.3 is 12.2 Å². The van der Waals surface area contributed by atoms with Gasteiger partial charge in [0.1, 0.15) is 96.2 Å². The van der Waals surface area contributed by atoms with Gasteiger partial charge in [-0.1, -0.05) is 79.7 Å². The Balaban J connectivity index is 1.31. The molecule has 4 bridgehead atoms. The third-order valence-electron chi connectivity index (χ3n) is 18.3. The van der Waals surface area contributed by atoms with Crippen molar-refractivity contribution in [3.05, 3.63) is 70.8 Å². The number of aliphatic hydroxyl groups is 4. The second-order valence-corrected chi connectivity index (χ2v) is 30.8. The molecule has 34 heteroatoms. The van der Waals surface area contributed by atoms with Crippen molar-refractivity contribution < 1.29 is 106 Å². The first-order valence-electron chi connectivity index (χ1n) is 35.9. The molecule has 106 heavy (non-hydrogen) atoms. The maximum absolute atomic E-state index is 15.2. The number of nitrogens with zero attached hydrogens (tertiary/aromatic N) is 2. The zero-order valence-corrected chi connectivity index (χ0v) is 62.3. The Morgan fingerprint density at radius 1 is 0.443 bits per heavy atom. The molecule has 5 aliphatic heterocycles. The van der Waals surface area contributed by atoms with E-state index < -0.39 is 216 Å². The second-order valence-electron chi connectivity index (χ2n) is 30.8. The Morgan fingerprint density at radius 2 is 0.745 bits per heavy atom. The summed E-state index contributed by atoms with van der Waals surface area (Å²) in [6, 6.07) is -2.27. The number of ether oxygens (including phenoxy) is 4. The summed E-state index contributed by atoms with van der Waals surface area (Å²) in [6.07, 6.45) is -18.9. The Kier molecular flexibility index (Phi) is 28.5. The number of hydrogen-bond acceptors (Lipinski definition) is 22. The molecule has 3 saturated heterocycles. The van der Waals surface area contributed by atoms with Crippen LogP contribution in [0.25, 0.3) is 0 Å². The topological polar surface area (TPSA) is 484 Å². The number of nitrogens with one attached hydrogen (secondary N) is 10. The Labute approximate surface area is 614 Å². The molecule has 2 aromatic carbocycles. The van der Waals surface area contributed by atoms with Crippen molar-refractivity contribution in [3.8, 4) is 0 Å². The fourth-order valence-corrected chi connectivity index (χ4v) is 13.0. The number of alkyl carbamates (subject to hydrolysis) is 2. The molecule has 7 rings (SSSR count). The summed E-state index contributed by atoms with van der Waals surface area (Å²) < 4.78 is 23.3. The molecule has 14 N–H and O–H groups in total. The Hall–Kier alpha value is -9.22. The van der Waals surface area contributed by atoms with Gasteiger partial charge in [0, 0.05) is 26.2 Å². The van der Waals surface area contributed by atoms with Crippen LogP contribution in [0, 0.1) is 23.7 Å². The largest absolute Gasteiger partial charge is 0.444 e. The van der Waals surface area contributed by atoms with E-state index in [-0.39, 0.29) is 85.7 Å². The molecule has 0 unspecified atom stereocenters. The molecule has 5 heterocycles. The maximum Gasteiger partial charge on any atom is 0.407 e. The summed E-state index contributed by atoms with van der Waals surface area (Å²) >= 11 is 0. The van der Waals surface area contributed by atoms with Crippen molar-refractivity contribution in [3.63, 3.8) is 0 Å². The van der Waals surface area contributed by atoms with Crippen LogP contribution < -0.4 is 53.2 Å². The third kappa shape index (κ3) is 21.1. The van der Waals surface area contributed by atoms with E-state index >= 15 is 9.59 Å². The summed E-state index contributed by atoms with van der Waals surface area (Å²) in [7, 11) is 0. The molecule has 3 fully saturated rings.